The third-order valence-corrected chi connectivity index (χ3v) is 3.05. The van der Waals surface area contributed by atoms with Gasteiger partial charge in [-0.2, -0.15) is 0 Å². The van der Waals surface area contributed by atoms with E-state index < -0.39 is 13.4 Å². The first-order chi connectivity index (χ1) is 6.89. The lowest BCUT2D eigenvalue weighted by Crippen LogP contribution is -2.31. The molecule has 0 amide bonds. The summed E-state index contributed by atoms with van der Waals surface area (Å²) in [6.07, 6.45) is 4.75. The summed E-state index contributed by atoms with van der Waals surface area (Å²) in [5.74, 6) is 0. The fourth-order valence-electron chi connectivity index (χ4n) is 2.13. The van der Waals surface area contributed by atoms with Crippen molar-refractivity contribution in [2.45, 2.75) is 64.9 Å². The van der Waals surface area contributed by atoms with E-state index in [-0.39, 0.29) is 0 Å². The molecule has 0 aromatic rings. The predicted octanol–water partition coefficient (Wildman–Crippen LogP) is 3.23. The number of hydrogen-bond donors (Lipinski definition) is 2. The van der Waals surface area contributed by atoms with Crippen LogP contribution in [0.25, 0.3) is 0 Å². The lowest BCUT2D eigenvalue weighted by molar-refractivity contribution is 0.00984. The van der Waals surface area contributed by atoms with Crippen LogP contribution in [0.2, 0.25) is 0 Å². The van der Waals surface area contributed by atoms with Crippen LogP contribution in [0.5, 0.6) is 0 Å². The first-order valence-corrected chi connectivity index (χ1v) is 7.18. The largest absolute Gasteiger partial charge is 0.470 e. The van der Waals surface area contributed by atoms with Gasteiger partial charge >= 0.3 is 7.82 Å². The molecule has 0 aliphatic carbocycles. The number of phosphoric ester groups is 1. The molecular formula is C10H23O4P. The zero-order chi connectivity index (χ0) is 11.9. The number of phosphoric acid groups is 1. The van der Waals surface area contributed by atoms with E-state index in [0.29, 0.717) is 19.3 Å². The van der Waals surface area contributed by atoms with Crippen molar-refractivity contribution < 1.29 is 18.9 Å². The van der Waals surface area contributed by atoms with Crippen molar-refractivity contribution in [3.8, 4) is 0 Å². The van der Waals surface area contributed by atoms with Crippen molar-refractivity contribution in [3.05, 3.63) is 0 Å². The summed E-state index contributed by atoms with van der Waals surface area (Å²) in [4.78, 5) is 17.8. The molecule has 5 heteroatoms. The van der Waals surface area contributed by atoms with Gasteiger partial charge in [0, 0.05) is 0 Å². The summed E-state index contributed by atoms with van der Waals surface area (Å²) in [6, 6.07) is 0. The van der Waals surface area contributed by atoms with Gasteiger partial charge in [0.05, 0.1) is 5.60 Å². The van der Waals surface area contributed by atoms with E-state index >= 15 is 0 Å². The summed E-state index contributed by atoms with van der Waals surface area (Å²) >= 11 is 0. The van der Waals surface area contributed by atoms with Gasteiger partial charge in [0.2, 0.25) is 0 Å². The Hall–Kier alpha value is 0.110. The predicted molar refractivity (Wildman–Crippen MR) is 60.6 cm³/mol. The standard InChI is InChI=1S/C10H23O4P/c1-4-7-10(8-5-2,9-6-3)14-15(11,12)13/h4-9H2,1-3H3,(H2,11,12,13). The highest BCUT2D eigenvalue weighted by Crippen LogP contribution is 2.46. The molecule has 0 fully saturated rings. The van der Waals surface area contributed by atoms with Crippen LogP contribution in [0.15, 0.2) is 0 Å². The summed E-state index contributed by atoms with van der Waals surface area (Å²) in [7, 11) is -4.38. The minimum atomic E-state index is -4.38. The summed E-state index contributed by atoms with van der Waals surface area (Å²) in [6.45, 7) is 6.01. The highest BCUT2D eigenvalue weighted by atomic mass is 31.2. The fraction of sp³-hybridized carbons (Fsp3) is 1.00. The summed E-state index contributed by atoms with van der Waals surface area (Å²) in [5.41, 5.74) is -0.628. The molecule has 0 aliphatic heterocycles. The molecule has 0 heterocycles. The topological polar surface area (TPSA) is 66.8 Å². The third-order valence-electron chi connectivity index (χ3n) is 2.43. The monoisotopic (exact) mass is 238 g/mol. The maximum Gasteiger partial charge on any atom is 0.470 e. The van der Waals surface area contributed by atoms with Gasteiger partial charge in [-0.25, -0.2) is 4.57 Å². The van der Waals surface area contributed by atoms with Gasteiger partial charge in [0.15, 0.2) is 0 Å². The van der Waals surface area contributed by atoms with Crippen LogP contribution in [0.4, 0.5) is 0 Å². The molecule has 0 aromatic heterocycles. The van der Waals surface area contributed by atoms with Crippen molar-refractivity contribution in [1.29, 1.82) is 0 Å². The van der Waals surface area contributed by atoms with Crippen LogP contribution in [0, 0.1) is 0 Å². The van der Waals surface area contributed by atoms with Gasteiger partial charge < -0.3 is 9.79 Å². The van der Waals surface area contributed by atoms with Crippen LogP contribution in [-0.4, -0.2) is 15.4 Å². The van der Waals surface area contributed by atoms with E-state index in [1.807, 2.05) is 20.8 Å². The second-order valence-corrected chi connectivity index (χ2v) is 5.18. The molecule has 0 aromatic carbocycles. The summed E-state index contributed by atoms with van der Waals surface area (Å²) < 4.78 is 16.0. The zero-order valence-corrected chi connectivity index (χ0v) is 10.8. The minimum absolute atomic E-state index is 0.628. The maximum absolute atomic E-state index is 10.9. The second-order valence-electron chi connectivity index (χ2n) is 4.01. The molecule has 2 N–H and O–H groups in total. The lowest BCUT2D eigenvalue weighted by atomic mass is 9.88. The third kappa shape index (κ3) is 6.31. The molecule has 4 nitrogen and oxygen atoms in total. The highest BCUT2D eigenvalue weighted by Gasteiger charge is 2.35. The Kier molecular flexibility index (Phi) is 6.69. The van der Waals surface area contributed by atoms with Crippen LogP contribution < -0.4 is 0 Å². The first-order valence-electron chi connectivity index (χ1n) is 5.65. The first kappa shape index (κ1) is 15.1. The van der Waals surface area contributed by atoms with E-state index in [1.165, 1.54) is 0 Å². The fourth-order valence-corrected chi connectivity index (χ4v) is 2.91. The molecule has 0 saturated carbocycles. The van der Waals surface area contributed by atoms with Crippen molar-refractivity contribution in [2.75, 3.05) is 0 Å². The van der Waals surface area contributed by atoms with Crippen LogP contribution in [-0.2, 0) is 9.09 Å². The molecule has 0 atom stereocenters. The van der Waals surface area contributed by atoms with Crippen LogP contribution in [0.1, 0.15) is 59.3 Å². The molecule has 92 valence electrons. The Balaban J connectivity index is 4.67. The number of rotatable bonds is 8. The van der Waals surface area contributed by atoms with Gasteiger partial charge in [-0.1, -0.05) is 40.0 Å². The molecule has 0 bridgehead atoms. The average Bonchev–Trinajstić information content (AvgIpc) is 2.01. The molecular weight excluding hydrogens is 215 g/mol. The molecule has 0 spiro atoms. The van der Waals surface area contributed by atoms with Crippen LogP contribution in [0.3, 0.4) is 0 Å². The molecule has 15 heavy (non-hydrogen) atoms. The van der Waals surface area contributed by atoms with Gasteiger partial charge in [-0.05, 0) is 19.3 Å². The smallest absolute Gasteiger partial charge is 0.303 e. The van der Waals surface area contributed by atoms with Crippen molar-refractivity contribution in [1.82, 2.24) is 0 Å². The lowest BCUT2D eigenvalue weighted by Gasteiger charge is -2.33. The summed E-state index contributed by atoms with van der Waals surface area (Å²) in [5, 5.41) is 0. The Morgan fingerprint density at radius 2 is 1.33 bits per heavy atom. The van der Waals surface area contributed by atoms with Gasteiger partial charge in [-0.15, -0.1) is 0 Å². The average molecular weight is 238 g/mol. The second kappa shape index (κ2) is 6.64. The van der Waals surface area contributed by atoms with E-state index in [2.05, 4.69) is 0 Å². The van der Waals surface area contributed by atoms with E-state index in [9.17, 15) is 4.57 Å². The Morgan fingerprint density at radius 1 is 1.00 bits per heavy atom. The SMILES string of the molecule is CCCC(CCC)(CCC)OP(=O)(O)O. The Morgan fingerprint density at radius 3 is 1.53 bits per heavy atom. The van der Waals surface area contributed by atoms with E-state index in [4.69, 9.17) is 14.3 Å². The highest BCUT2D eigenvalue weighted by molar-refractivity contribution is 7.46. The maximum atomic E-state index is 10.9. The van der Waals surface area contributed by atoms with Crippen LogP contribution >= 0.6 is 7.82 Å². The van der Waals surface area contributed by atoms with Gasteiger partial charge in [0.25, 0.3) is 0 Å². The van der Waals surface area contributed by atoms with E-state index in [0.717, 1.165) is 19.3 Å². The van der Waals surface area contributed by atoms with Crippen molar-refractivity contribution in [2.24, 2.45) is 0 Å². The van der Waals surface area contributed by atoms with E-state index in [1.54, 1.807) is 0 Å². The van der Waals surface area contributed by atoms with Gasteiger partial charge in [-0.3, -0.25) is 4.52 Å². The quantitative estimate of drug-likeness (QED) is 0.637. The minimum Gasteiger partial charge on any atom is -0.303 e. The molecule has 0 radical (unpaired) electrons. The Labute approximate surface area is 92.3 Å². The Bertz CT molecular complexity index is 194. The van der Waals surface area contributed by atoms with Crippen molar-refractivity contribution >= 4 is 7.82 Å². The normalized spacial score (nSPS) is 13.1. The molecule has 0 aliphatic rings. The molecule has 0 saturated heterocycles. The van der Waals surface area contributed by atoms with Crippen molar-refractivity contribution in [3.63, 3.8) is 0 Å². The number of hydrogen-bond acceptors (Lipinski definition) is 2. The zero-order valence-electron chi connectivity index (χ0n) is 9.90. The molecule has 0 rings (SSSR count). The molecule has 0 unspecified atom stereocenters. The van der Waals surface area contributed by atoms with Gasteiger partial charge in [0.1, 0.15) is 0 Å².